The Labute approximate surface area is 208 Å². The number of primary amides is 1. The van der Waals surface area contributed by atoms with E-state index in [1.807, 2.05) is 0 Å². The van der Waals surface area contributed by atoms with Crippen molar-refractivity contribution in [3.8, 4) is 0 Å². The van der Waals surface area contributed by atoms with Crippen LogP contribution in [0.25, 0.3) is 0 Å². The molecule has 0 rings (SSSR count). The predicted octanol–water partition coefficient (Wildman–Crippen LogP) is -1.25. The fourth-order valence-electron chi connectivity index (χ4n) is 1.76. The van der Waals surface area contributed by atoms with Gasteiger partial charge < -0.3 is 59.3 Å². The molecule has 0 fully saturated rings. The third-order valence-electron chi connectivity index (χ3n) is 3.21. The van der Waals surface area contributed by atoms with E-state index in [0.29, 0.717) is 6.61 Å². The Morgan fingerprint density at radius 3 is 1.35 bits per heavy atom. The molecular formula is C22H43NO12Rf2-4. The quantitative estimate of drug-likeness (QED) is 0.0524. The summed E-state index contributed by atoms with van der Waals surface area (Å²) in [5.41, 5.74) is 4.85. The van der Waals surface area contributed by atoms with Gasteiger partial charge in [0.2, 0.25) is 5.91 Å². The number of hydrogen-bond acceptors (Lipinski definition) is 12. The van der Waals surface area contributed by atoms with Crippen molar-refractivity contribution in [1.82, 2.24) is 0 Å². The molecule has 0 saturated heterocycles. The summed E-state index contributed by atoms with van der Waals surface area (Å²) in [4.78, 5) is 10.2. The van der Waals surface area contributed by atoms with E-state index in [2.05, 4.69) is 54.0 Å². The molecule has 6 N–H and O–H groups in total. The third kappa shape index (κ3) is 43.3. The zero-order valence-corrected chi connectivity index (χ0v) is 34.5. The number of aliphatic hydroxyl groups excluding tert-OH is 4. The molecule has 0 aromatic carbocycles. The van der Waals surface area contributed by atoms with Crippen LogP contribution in [0.15, 0.2) is 12.7 Å². The Morgan fingerprint density at radius 1 is 0.676 bits per heavy atom. The molecule has 0 spiro atoms. The van der Waals surface area contributed by atoms with E-state index in [0.717, 1.165) is 0 Å². The molecule has 0 aliphatic heterocycles. The molecule has 1 amide bonds. The maximum Gasteiger partial charge on any atom is 0.219 e. The van der Waals surface area contributed by atoms with Crippen molar-refractivity contribution >= 4 is 5.91 Å². The standard InChI is InChI=1S/C10H19O5.C7H14NO4.C5H10O3.2Rf/c1-3-4-14-6-10(12)8-15-7-9(11)5-13-2;1-11-4-6(9)5-12-3-2-7(8)10;1-7-3-5(6)4-8-2;;/h3,9-12H,1-2,4-8H2;6,9H,1-5H2,(H2,8,10);5-6H,1-4H2;;/q2*-1;-2;;. The Bertz CT molecular complexity index is 450. The van der Waals surface area contributed by atoms with Gasteiger partial charge in [0, 0.05) is 32.8 Å². The molecule has 0 radical (unpaired) electrons. The molecule has 3 atom stereocenters. The van der Waals surface area contributed by atoms with Crippen molar-refractivity contribution in [2.24, 2.45) is 5.73 Å². The van der Waals surface area contributed by atoms with Crippen LogP contribution in [-0.2, 0) is 38.0 Å². The average Bonchev–Trinajstić information content (AvgIpc) is 2.78. The van der Waals surface area contributed by atoms with Gasteiger partial charge in [-0.3, -0.25) is 4.79 Å². The average molecular weight is 1050 g/mol. The molecule has 15 heteroatoms. The molecule has 37 heavy (non-hydrogen) atoms. The molecule has 0 aromatic heterocycles. The minimum atomic E-state index is -0.719. The first-order valence-corrected chi connectivity index (χ1v) is 10.5. The summed E-state index contributed by atoms with van der Waals surface area (Å²) >= 11 is 0. The molecule has 0 saturated carbocycles. The molecule has 0 aliphatic rings. The monoisotopic (exact) mass is 1050 g/mol. The number of carbonyl (C=O) groups excluding carboxylic acids is 1. The number of nitrogens with two attached hydrogens (primary N) is 1. The van der Waals surface area contributed by atoms with Gasteiger partial charge in [-0.05, 0) is 0 Å². The van der Waals surface area contributed by atoms with Crippen LogP contribution in [0.4, 0.5) is 0 Å². The van der Waals surface area contributed by atoms with Crippen molar-refractivity contribution in [2.45, 2.75) is 30.8 Å². The Kier molecular flexibility index (Phi) is 41.4. The summed E-state index contributed by atoms with van der Waals surface area (Å²) in [6, 6.07) is 0. The van der Waals surface area contributed by atoms with Crippen LogP contribution >= 0.6 is 0 Å². The number of hydrogen-bond donors (Lipinski definition) is 5. The van der Waals surface area contributed by atoms with Crippen molar-refractivity contribution in [1.29, 1.82) is 0 Å². The summed E-state index contributed by atoms with van der Waals surface area (Å²) in [5, 5.41) is 36.2. The van der Waals surface area contributed by atoms with Crippen LogP contribution in [-0.4, -0.2) is 117 Å². The summed E-state index contributed by atoms with van der Waals surface area (Å²) < 4.78 is 32.5. The molecule has 13 nitrogen and oxygen atoms in total. The fraction of sp³-hybridized carbons (Fsp3) is 0.682. The largest absolute Gasteiger partial charge is 0.553 e. The van der Waals surface area contributed by atoms with Crippen LogP contribution in [0.2, 0.25) is 0 Å². The van der Waals surface area contributed by atoms with Crippen molar-refractivity contribution in [3.05, 3.63) is 41.1 Å². The number of amides is 1. The van der Waals surface area contributed by atoms with Gasteiger partial charge in [-0.25, -0.2) is 28.4 Å². The molecule has 0 heterocycles. The number of ether oxygens (including phenoxy) is 7. The summed E-state index contributed by atoms with van der Waals surface area (Å²) in [5.74, 6) is -0.419. The van der Waals surface area contributed by atoms with E-state index < -0.39 is 30.3 Å². The van der Waals surface area contributed by atoms with E-state index in [1.54, 1.807) is 6.08 Å². The maximum atomic E-state index is 10.2. The third-order valence-corrected chi connectivity index (χ3v) is 3.21. The second kappa shape index (κ2) is 34.9. The number of aliphatic hydroxyl groups is 4. The first-order valence-electron chi connectivity index (χ1n) is 10.5. The van der Waals surface area contributed by atoms with Crippen LogP contribution in [0.1, 0.15) is 6.42 Å². The zero-order chi connectivity index (χ0) is 27.3. The van der Waals surface area contributed by atoms with Crippen LogP contribution in [0.5, 0.6) is 0 Å². The van der Waals surface area contributed by atoms with Gasteiger partial charge in [-0.1, -0.05) is 6.08 Å². The van der Waals surface area contributed by atoms with E-state index in [4.69, 9.17) is 35.3 Å². The second-order valence-corrected chi connectivity index (χ2v) is 6.75. The first kappa shape index (κ1) is 43.8. The smallest absolute Gasteiger partial charge is 0.219 e. The Morgan fingerprint density at radius 2 is 1.00 bits per heavy atom. The number of rotatable bonds is 21. The molecular weight excluding hydrogens is 1000 g/mol. The molecule has 0 aromatic rings. The van der Waals surface area contributed by atoms with Crippen molar-refractivity contribution in [2.75, 3.05) is 66.1 Å². The van der Waals surface area contributed by atoms with Gasteiger partial charge in [0.05, 0.1) is 58.0 Å². The van der Waals surface area contributed by atoms with Gasteiger partial charge >= 0.3 is 0 Å². The summed E-state index contributed by atoms with van der Waals surface area (Å²) in [7, 11) is 12.4. The van der Waals surface area contributed by atoms with Gasteiger partial charge in [-0.15, -0.1) is 6.58 Å². The first-order chi connectivity index (χ1) is 16.7. The predicted molar refractivity (Wildman–Crippen MR) is 126 cm³/mol. The summed E-state index contributed by atoms with van der Waals surface area (Å²) in [6.45, 7) is 5.25. The van der Waals surface area contributed by atoms with Gasteiger partial charge in [0.25, 0.3) is 0 Å². The molecule has 216 valence electrons. The van der Waals surface area contributed by atoms with Crippen molar-refractivity contribution < 1.29 is 58.4 Å². The Hall–Kier alpha value is -3.23. The van der Waals surface area contributed by atoms with Gasteiger partial charge in [0.15, 0.2) is 0 Å². The molecule has 0 bridgehead atoms. The minimum absolute atomic E-state index is 0. The molecule has 0 aliphatic carbocycles. The van der Waals surface area contributed by atoms with E-state index >= 15 is 0 Å². The van der Waals surface area contributed by atoms with E-state index in [9.17, 15) is 9.90 Å². The maximum absolute atomic E-state index is 10.2. The zero-order valence-electron chi connectivity index (χ0n) is 21.7. The molecule has 3 unspecified atom stereocenters. The van der Waals surface area contributed by atoms with Gasteiger partial charge in [0.1, 0.15) is 6.10 Å². The van der Waals surface area contributed by atoms with Crippen LogP contribution < -0.4 is 5.73 Å². The van der Waals surface area contributed by atoms with E-state index in [1.165, 1.54) is 0 Å². The normalized spacial score (nSPS) is 12.5. The number of carbonyl (C=O) groups is 1. The SMILES string of the molecule is C=CCOCC(O)COCC(O)CO[CH2-].[CH2-]OCC(O)COCCC(N)=O.[CH2-]OCC(O)CO[CH2-].[Rf].[Rf]. The van der Waals surface area contributed by atoms with Crippen LogP contribution in [0, 0.1) is 28.4 Å². The van der Waals surface area contributed by atoms with Crippen LogP contribution in [0.3, 0.4) is 0 Å². The minimum Gasteiger partial charge on any atom is -0.553 e. The summed E-state index contributed by atoms with van der Waals surface area (Å²) in [6.07, 6.45) is -0.956. The van der Waals surface area contributed by atoms with Gasteiger partial charge in [-0.2, -0.15) is 0 Å². The Balaban J connectivity index is -0.000000141. The second-order valence-electron chi connectivity index (χ2n) is 6.75. The van der Waals surface area contributed by atoms with E-state index in [-0.39, 0.29) is 65.9 Å². The van der Waals surface area contributed by atoms with Crippen molar-refractivity contribution in [3.63, 3.8) is 0 Å². The topological polar surface area (TPSA) is 189 Å². The fourth-order valence-corrected chi connectivity index (χ4v) is 1.76.